The second-order valence-electron chi connectivity index (χ2n) is 6.45. The number of amides is 2. The number of carboxylic acid groups (broad SMARTS) is 1. The standard InChI is InChI=1S/C14H24N2O3/c1-4-7-14(2,3)15-13(19)16-9-5-6-11(16)10(8-9)12(17)18/h9-11H,4-8H2,1-3H3,(H,15,19)(H,17,18). The molecule has 3 atom stereocenters. The molecule has 0 radical (unpaired) electrons. The van der Waals surface area contributed by atoms with Crippen LogP contribution in [0.2, 0.25) is 0 Å². The summed E-state index contributed by atoms with van der Waals surface area (Å²) in [7, 11) is 0. The Morgan fingerprint density at radius 2 is 2.05 bits per heavy atom. The molecule has 2 aliphatic rings. The molecule has 2 amide bonds. The third-order valence-corrected chi connectivity index (χ3v) is 4.41. The normalized spacial score (nSPS) is 29.6. The summed E-state index contributed by atoms with van der Waals surface area (Å²) in [5.41, 5.74) is -0.230. The summed E-state index contributed by atoms with van der Waals surface area (Å²) >= 11 is 0. The minimum absolute atomic E-state index is 0.0882. The minimum Gasteiger partial charge on any atom is -0.481 e. The molecule has 3 unspecified atom stereocenters. The molecule has 0 aromatic heterocycles. The van der Waals surface area contributed by atoms with Crippen molar-refractivity contribution in [2.24, 2.45) is 5.92 Å². The van der Waals surface area contributed by atoms with Crippen LogP contribution in [-0.4, -0.2) is 39.6 Å². The molecule has 2 fully saturated rings. The summed E-state index contributed by atoms with van der Waals surface area (Å²) in [5, 5.41) is 12.2. The van der Waals surface area contributed by atoms with Gasteiger partial charge in [-0.3, -0.25) is 4.79 Å². The van der Waals surface area contributed by atoms with Gasteiger partial charge in [0.05, 0.1) is 5.92 Å². The first-order valence-corrected chi connectivity index (χ1v) is 7.19. The topological polar surface area (TPSA) is 69.6 Å². The molecule has 2 bridgehead atoms. The monoisotopic (exact) mass is 268 g/mol. The number of fused-ring (bicyclic) bond motifs is 2. The first-order chi connectivity index (χ1) is 8.85. The highest BCUT2D eigenvalue weighted by Crippen LogP contribution is 2.41. The molecule has 5 nitrogen and oxygen atoms in total. The molecule has 2 aliphatic heterocycles. The van der Waals surface area contributed by atoms with Gasteiger partial charge >= 0.3 is 12.0 Å². The van der Waals surface area contributed by atoms with Gasteiger partial charge < -0.3 is 15.3 Å². The molecule has 19 heavy (non-hydrogen) atoms. The predicted octanol–water partition coefficient (Wildman–Crippen LogP) is 2.21. The van der Waals surface area contributed by atoms with Crippen LogP contribution in [0.25, 0.3) is 0 Å². The summed E-state index contributed by atoms with van der Waals surface area (Å²) in [5.74, 6) is -1.14. The zero-order chi connectivity index (χ0) is 14.2. The van der Waals surface area contributed by atoms with E-state index in [9.17, 15) is 14.7 Å². The molecular weight excluding hydrogens is 244 g/mol. The fourth-order valence-corrected chi connectivity index (χ4v) is 3.61. The number of hydrogen-bond donors (Lipinski definition) is 2. The van der Waals surface area contributed by atoms with Crippen LogP contribution in [0.4, 0.5) is 4.79 Å². The van der Waals surface area contributed by atoms with Crippen molar-refractivity contribution in [3.05, 3.63) is 0 Å². The van der Waals surface area contributed by atoms with Crippen molar-refractivity contribution < 1.29 is 14.7 Å². The molecule has 2 saturated heterocycles. The Labute approximate surface area is 114 Å². The smallest absolute Gasteiger partial charge is 0.318 e. The maximum Gasteiger partial charge on any atom is 0.318 e. The Morgan fingerprint density at radius 1 is 1.37 bits per heavy atom. The van der Waals surface area contributed by atoms with Crippen LogP contribution < -0.4 is 5.32 Å². The van der Waals surface area contributed by atoms with Gasteiger partial charge in [-0.05, 0) is 39.5 Å². The maximum absolute atomic E-state index is 12.4. The van der Waals surface area contributed by atoms with Crippen molar-refractivity contribution in [2.45, 2.75) is 70.5 Å². The predicted molar refractivity (Wildman–Crippen MR) is 71.9 cm³/mol. The summed E-state index contributed by atoms with van der Waals surface area (Å²) < 4.78 is 0. The van der Waals surface area contributed by atoms with Crippen LogP contribution >= 0.6 is 0 Å². The lowest BCUT2D eigenvalue weighted by molar-refractivity contribution is -0.142. The van der Waals surface area contributed by atoms with Gasteiger partial charge in [-0.25, -0.2) is 4.79 Å². The fourth-order valence-electron chi connectivity index (χ4n) is 3.61. The van der Waals surface area contributed by atoms with Crippen LogP contribution in [0.15, 0.2) is 0 Å². The van der Waals surface area contributed by atoms with Gasteiger partial charge in [-0.1, -0.05) is 13.3 Å². The Bertz CT molecular complexity index is 381. The largest absolute Gasteiger partial charge is 0.481 e. The van der Waals surface area contributed by atoms with E-state index in [1.165, 1.54) is 0 Å². The summed E-state index contributed by atoms with van der Waals surface area (Å²) in [6.45, 7) is 6.12. The Hall–Kier alpha value is -1.26. The lowest BCUT2D eigenvalue weighted by Gasteiger charge is -2.31. The van der Waals surface area contributed by atoms with Crippen LogP contribution in [-0.2, 0) is 4.79 Å². The van der Waals surface area contributed by atoms with E-state index in [1.54, 1.807) is 4.90 Å². The molecule has 0 aliphatic carbocycles. The van der Waals surface area contributed by atoms with E-state index < -0.39 is 5.97 Å². The molecular formula is C14H24N2O3. The van der Waals surface area contributed by atoms with E-state index in [-0.39, 0.29) is 29.6 Å². The van der Waals surface area contributed by atoms with Gasteiger partial charge in [0.15, 0.2) is 0 Å². The highest BCUT2D eigenvalue weighted by Gasteiger charge is 2.51. The number of carboxylic acids is 1. The van der Waals surface area contributed by atoms with E-state index in [2.05, 4.69) is 12.2 Å². The van der Waals surface area contributed by atoms with E-state index in [4.69, 9.17) is 0 Å². The molecule has 2 rings (SSSR count). The molecule has 0 saturated carbocycles. The first kappa shape index (κ1) is 14.2. The molecule has 2 heterocycles. The van der Waals surface area contributed by atoms with E-state index in [0.717, 1.165) is 25.7 Å². The summed E-state index contributed by atoms with van der Waals surface area (Å²) in [6, 6.07) is -0.0850. The van der Waals surface area contributed by atoms with Crippen molar-refractivity contribution in [3.8, 4) is 0 Å². The second-order valence-corrected chi connectivity index (χ2v) is 6.45. The van der Waals surface area contributed by atoms with Gasteiger partial charge in [0.2, 0.25) is 0 Å². The van der Waals surface area contributed by atoms with Gasteiger partial charge in [0, 0.05) is 17.6 Å². The Morgan fingerprint density at radius 3 is 2.58 bits per heavy atom. The zero-order valence-electron chi connectivity index (χ0n) is 12.0. The molecule has 0 aromatic rings. The van der Waals surface area contributed by atoms with Gasteiger partial charge in [0.1, 0.15) is 0 Å². The summed E-state index contributed by atoms with van der Waals surface area (Å²) in [4.78, 5) is 25.4. The number of nitrogens with one attached hydrogen (secondary N) is 1. The lowest BCUT2D eigenvalue weighted by Crippen LogP contribution is -2.52. The quantitative estimate of drug-likeness (QED) is 0.821. The van der Waals surface area contributed by atoms with Crippen molar-refractivity contribution in [3.63, 3.8) is 0 Å². The molecule has 0 spiro atoms. The van der Waals surface area contributed by atoms with Crippen LogP contribution in [0.1, 0.15) is 52.9 Å². The van der Waals surface area contributed by atoms with Crippen molar-refractivity contribution in [1.29, 1.82) is 0 Å². The minimum atomic E-state index is -0.766. The highest BCUT2D eigenvalue weighted by molar-refractivity contribution is 5.79. The lowest BCUT2D eigenvalue weighted by atomic mass is 9.89. The Balaban J connectivity index is 2.03. The zero-order valence-corrected chi connectivity index (χ0v) is 12.0. The summed E-state index contributed by atoms with van der Waals surface area (Å²) in [6.07, 6.45) is 4.31. The average Bonchev–Trinajstić information content (AvgIpc) is 2.84. The van der Waals surface area contributed by atoms with Crippen molar-refractivity contribution in [2.75, 3.05) is 0 Å². The molecule has 2 N–H and O–H groups in total. The van der Waals surface area contributed by atoms with E-state index in [0.29, 0.717) is 6.42 Å². The van der Waals surface area contributed by atoms with E-state index in [1.807, 2.05) is 13.8 Å². The van der Waals surface area contributed by atoms with E-state index >= 15 is 0 Å². The number of carbonyl (C=O) groups is 2. The molecule has 5 heteroatoms. The third kappa shape index (κ3) is 2.69. The second kappa shape index (κ2) is 5.02. The molecule has 0 aromatic carbocycles. The number of rotatable bonds is 4. The van der Waals surface area contributed by atoms with Crippen LogP contribution in [0.3, 0.4) is 0 Å². The number of nitrogens with zero attached hydrogens (tertiary/aromatic N) is 1. The van der Waals surface area contributed by atoms with Crippen molar-refractivity contribution in [1.82, 2.24) is 10.2 Å². The SMILES string of the molecule is CCCC(C)(C)NC(=O)N1C2CCC1C(C(=O)O)C2. The van der Waals surface area contributed by atoms with Gasteiger partial charge in [-0.15, -0.1) is 0 Å². The number of urea groups is 1. The number of hydrogen-bond acceptors (Lipinski definition) is 2. The van der Waals surface area contributed by atoms with Gasteiger partial charge in [0.25, 0.3) is 0 Å². The Kier molecular flexibility index (Phi) is 3.74. The number of carbonyl (C=O) groups excluding carboxylic acids is 1. The number of aliphatic carboxylic acids is 1. The average molecular weight is 268 g/mol. The van der Waals surface area contributed by atoms with Crippen LogP contribution in [0.5, 0.6) is 0 Å². The first-order valence-electron chi connectivity index (χ1n) is 7.19. The molecule has 108 valence electrons. The third-order valence-electron chi connectivity index (χ3n) is 4.41. The van der Waals surface area contributed by atoms with Crippen LogP contribution in [0, 0.1) is 5.92 Å². The maximum atomic E-state index is 12.4. The van der Waals surface area contributed by atoms with Crippen molar-refractivity contribution >= 4 is 12.0 Å². The fraction of sp³-hybridized carbons (Fsp3) is 0.857. The highest BCUT2D eigenvalue weighted by atomic mass is 16.4. The van der Waals surface area contributed by atoms with Gasteiger partial charge in [-0.2, -0.15) is 0 Å².